The zero-order valence-electron chi connectivity index (χ0n) is 26.4. The molecule has 242 valence electrons. The topological polar surface area (TPSA) is 130 Å². The van der Waals surface area contributed by atoms with Crippen molar-refractivity contribution in [2.75, 3.05) is 27.1 Å². The Morgan fingerprint density at radius 1 is 0.870 bits per heavy atom. The maximum absolute atomic E-state index is 12.2. The summed E-state index contributed by atoms with van der Waals surface area (Å²) in [5.74, 6) is 2.07. The number of esters is 1. The summed E-state index contributed by atoms with van der Waals surface area (Å²) < 4.78 is 27.6. The van der Waals surface area contributed by atoms with Gasteiger partial charge >= 0.3 is 5.97 Å². The van der Waals surface area contributed by atoms with Crippen LogP contribution in [0, 0.1) is 28.4 Å². The lowest BCUT2D eigenvalue weighted by Crippen LogP contribution is -2.07. The zero-order chi connectivity index (χ0) is 32.7. The Labute approximate surface area is 269 Å². The SMILES string of the molecule is COc1cc(/C=C(\C#N)c2ccc3c(c2)OCO3)ccc1OCCCCCCCCCCCOC(=O)c1cc(C)cc([N+](=O)[O-])c1. The molecule has 3 aromatic carbocycles. The minimum Gasteiger partial charge on any atom is -0.493 e. The van der Waals surface area contributed by atoms with E-state index in [1.807, 2.05) is 36.4 Å². The van der Waals surface area contributed by atoms with Crippen molar-refractivity contribution < 1.29 is 33.4 Å². The van der Waals surface area contributed by atoms with Crippen LogP contribution in [-0.2, 0) is 4.74 Å². The molecule has 10 heteroatoms. The van der Waals surface area contributed by atoms with Gasteiger partial charge in [0.05, 0.1) is 42.5 Å². The van der Waals surface area contributed by atoms with Crippen LogP contribution in [0.2, 0.25) is 0 Å². The van der Waals surface area contributed by atoms with Gasteiger partial charge in [-0.2, -0.15) is 5.26 Å². The summed E-state index contributed by atoms with van der Waals surface area (Å²) in [6.07, 6.45) is 11.3. The van der Waals surface area contributed by atoms with E-state index in [-0.39, 0.29) is 18.0 Å². The summed E-state index contributed by atoms with van der Waals surface area (Å²) in [5, 5.41) is 20.7. The van der Waals surface area contributed by atoms with E-state index < -0.39 is 10.9 Å². The monoisotopic (exact) mass is 628 g/mol. The molecule has 0 saturated carbocycles. The number of benzene rings is 3. The van der Waals surface area contributed by atoms with Crippen molar-refractivity contribution in [1.82, 2.24) is 0 Å². The molecule has 4 rings (SSSR count). The predicted octanol–water partition coefficient (Wildman–Crippen LogP) is 8.45. The molecule has 0 fully saturated rings. The highest BCUT2D eigenvalue weighted by molar-refractivity contribution is 5.91. The highest BCUT2D eigenvalue weighted by Crippen LogP contribution is 2.35. The van der Waals surface area contributed by atoms with Crippen LogP contribution in [-0.4, -0.2) is 38.0 Å². The van der Waals surface area contributed by atoms with Gasteiger partial charge in [0.2, 0.25) is 6.79 Å². The summed E-state index contributed by atoms with van der Waals surface area (Å²) in [6.45, 7) is 2.81. The first-order chi connectivity index (χ1) is 22.4. The number of nitrogens with zero attached hydrogens (tertiary/aromatic N) is 2. The Hall–Kier alpha value is -5.04. The van der Waals surface area contributed by atoms with Crippen LogP contribution in [0.4, 0.5) is 5.69 Å². The average Bonchev–Trinajstić information content (AvgIpc) is 3.53. The molecule has 1 aliphatic rings. The third-order valence-electron chi connectivity index (χ3n) is 7.59. The van der Waals surface area contributed by atoms with Gasteiger partial charge in [0.15, 0.2) is 23.0 Å². The molecule has 0 bridgehead atoms. The number of rotatable bonds is 18. The number of nitriles is 1. The molecular weight excluding hydrogens is 588 g/mol. The highest BCUT2D eigenvalue weighted by atomic mass is 16.7. The van der Waals surface area contributed by atoms with Gasteiger partial charge in [-0.15, -0.1) is 0 Å². The molecule has 1 heterocycles. The number of nitro groups is 1. The molecular formula is C36H40N2O8. The van der Waals surface area contributed by atoms with Gasteiger partial charge in [0.25, 0.3) is 5.69 Å². The second-order valence-corrected chi connectivity index (χ2v) is 11.1. The van der Waals surface area contributed by atoms with Gasteiger partial charge in [-0.05, 0) is 78.9 Å². The Balaban J connectivity index is 1.07. The van der Waals surface area contributed by atoms with Crippen molar-refractivity contribution in [1.29, 1.82) is 5.26 Å². The van der Waals surface area contributed by atoms with Gasteiger partial charge in [-0.3, -0.25) is 10.1 Å². The first kappa shape index (κ1) is 33.8. The molecule has 0 spiro atoms. The van der Waals surface area contributed by atoms with Crippen molar-refractivity contribution in [2.24, 2.45) is 0 Å². The molecule has 1 aliphatic heterocycles. The van der Waals surface area contributed by atoms with E-state index in [1.165, 1.54) is 12.1 Å². The molecule has 3 aromatic rings. The Kier molecular flexibility index (Phi) is 12.8. The summed E-state index contributed by atoms with van der Waals surface area (Å²) in [7, 11) is 1.60. The lowest BCUT2D eigenvalue weighted by Gasteiger charge is -2.11. The summed E-state index contributed by atoms with van der Waals surface area (Å²) >= 11 is 0. The first-order valence-corrected chi connectivity index (χ1v) is 15.6. The Morgan fingerprint density at radius 2 is 1.57 bits per heavy atom. The lowest BCUT2D eigenvalue weighted by atomic mass is 10.0. The number of methoxy groups -OCH3 is 1. The number of hydrogen-bond donors (Lipinski definition) is 0. The number of carbonyl (C=O) groups excluding carboxylic acids is 1. The van der Waals surface area contributed by atoms with E-state index in [0.29, 0.717) is 47.3 Å². The standard InChI is InChI=1S/C36H40N2O8/c1-26-18-29(22-31(19-26)38(40)41)36(39)44-17-11-9-7-5-3-4-6-8-10-16-43-32-14-12-27(21-34(32)42-2)20-30(24-37)28-13-15-33-35(23-28)46-25-45-33/h12-15,18-23H,3-11,16-17,25H2,1-2H3/b30-20+. The van der Waals surface area contributed by atoms with Crippen molar-refractivity contribution >= 4 is 23.3 Å². The fourth-order valence-corrected chi connectivity index (χ4v) is 5.16. The second kappa shape index (κ2) is 17.4. The number of hydrogen-bond acceptors (Lipinski definition) is 9. The van der Waals surface area contributed by atoms with Crippen molar-refractivity contribution in [2.45, 2.75) is 64.7 Å². The molecule has 0 aromatic heterocycles. The Bertz CT molecular complexity index is 1580. The quantitative estimate of drug-likeness (QED) is 0.0340. The molecule has 0 N–H and O–H groups in total. The van der Waals surface area contributed by atoms with Crippen molar-refractivity contribution in [3.63, 3.8) is 0 Å². The molecule has 0 aliphatic carbocycles. The summed E-state index contributed by atoms with van der Waals surface area (Å²) in [5.41, 5.74) is 2.84. The molecule has 0 atom stereocenters. The zero-order valence-corrected chi connectivity index (χ0v) is 26.4. The van der Waals surface area contributed by atoms with Gasteiger partial charge in [-0.25, -0.2) is 4.79 Å². The van der Waals surface area contributed by atoms with Gasteiger partial charge in [0, 0.05) is 12.1 Å². The van der Waals surface area contributed by atoms with E-state index in [9.17, 15) is 20.2 Å². The van der Waals surface area contributed by atoms with Crippen LogP contribution in [0.1, 0.15) is 84.8 Å². The number of carbonyl (C=O) groups is 1. The Morgan fingerprint density at radius 3 is 2.26 bits per heavy atom. The first-order valence-electron chi connectivity index (χ1n) is 15.6. The third kappa shape index (κ3) is 9.99. The summed E-state index contributed by atoms with van der Waals surface area (Å²) in [4.78, 5) is 22.7. The van der Waals surface area contributed by atoms with Crippen LogP contribution < -0.4 is 18.9 Å². The van der Waals surface area contributed by atoms with Gasteiger partial charge < -0.3 is 23.7 Å². The maximum atomic E-state index is 12.2. The van der Waals surface area contributed by atoms with Crippen LogP contribution in [0.15, 0.2) is 54.6 Å². The van der Waals surface area contributed by atoms with Crippen LogP contribution in [0.3, 0.4) is 0 Å². The van der Waals surface area contributed by atoms with Crippen LogP contribution >= 0.6 is 0 Å². The molecule has 46 heavy (non-hydrogen) atoms. The number of fused-ring (bicyclic) bond motifs is 1. The van der Waals surface area contributed by atoms with E-state index >= 15 is 0 Å². The average molecular weight is 629 g/mol. The number of non-ortho nitro benzene ring substituents is 1. The molecule has 0 saturated heterocycles. The number of unbranched alkanes of at least 4 members (excludes halogenated alkanes) is 8. The third-order valence-corrected chi connectivity index (χ3v) is 7.59. The fraction of sp³-hybridized carbons (Fsp3) is 0.389. The largest absolute Gasteiger partial charge is 0.493 e. The van der Waals surface area contributed by atoms with Crippen LogP contribution in [0.25, 0.3) is 11.6 Å². The molecule has 0 radical (unpaired) electrons. The van der Waals surface area contributed by atoms with E-state index in [0.717, 1.165) is 68.9 Å². The van der Waals surface area contributed by atoms with Gasteiger partial charge in [0.1, 0.15) is 0 Å². The van der Waals surface area contributed by atoms with E-state index in [4.69, 9.17) is 23.7 Å². The number of nitro benzene ring substituents is 1. The number of allylic oxidation sites excluding steroid dienone is 1. The highest BCUT2D eigenvalue weighted by Gasteiger charge is 2.16. The van der Waals surface area contributed by atoms with Crippen LogP contribution in [0.5, 0.6) is 23.0 Å². The lowest BCUT2D eigenvalue weighted by molar-refractivity contribution is -0.384. The van der Waals surface area contributed by atoms with E-state index in [2.05, 4.69) is 6.07 Å². The minimum absolute atomic E-state index is 0.106. The second-order valence-electron chi connectivity index (χ2n) is 11.1. The smallest absolute Gasteiger partial charge is 0.338 e. The number of aryl methyl sites for hydroxylation is 1. The fourth-order valence-electron chi connectivity index (χ4n) is 5.16. The van der Waals surface area contributed by atoms with Crippen molar-refractivity contribution in [3.05, 3.63) is 87.0 Å². The minimum atomic E-state index is -0.522. The molecule has 0 unspecified atom stereocenters. The number of ether oxygens (including phenoxy) is 5. The predicted molar refractivity (Wildman–Crippen MR) is 174 cm³/mol. The summed E-state index contributed by atoms with van der Waals surface area (Å²) in [6, 6.07) is 17.6. The van der Waals surface area contributed by atoms with Gasteiger partial charge in [-0.1, -0.05) is 51.0 Å². The van der Waals surface area contributed by atoms with Crippen molar-refractivity contribution in [3.8, 4) is 29.1 Å². The van der Waals surface area contributed by atoms with E-state index in [1.54, 1.807) is 26.2 Å². The molecule has 10 nitrogen and oxygen atoms in total. The molecule has 0 amide bonds. The maximum Gasteiger partial charge on any atom is 0.338 e. The normalized spacial score (nSPS) is 12.0.